The van der Waals surface area contributed by atoms with Crippen LogP contribution in [0.4, 0.5) is 5.69 Å². The minimum atomic E-state index is 0.226. The molecule has 2 heterocycles. The fraction of sp³-hybridized carbons (Fsp3) is 0.550. The highest BCUT2D eigenvalue weighted by Gasteiger charge is 2.18. The van der Waals surface area contributed by atoms with Crippen LogP contribution in [0.5, 0.6) is 0 Å². The lowest BCUT2D eigenvalue weighted by Crippen LogP contribution is -2.34. The van der Waals surface area contributed by atoms with Gasteiger partial charge in [0, 0.05) is 37.1 Å². The smallest absolute Gasteiger partial charge is 0.0545 e. The van der Waals surface area contributed by atoms with Gasteiger partial charge in [-0.15, -0.1) is 0 Å². The third kappa shape index (κ3) is 4.41. The van der Waals surface area contributed by atoms with Crippen molar-refractivity contribution in [2.75, 3.05) is 25.0 Å². The second-order valence-electron chi connectivity index (χ2n) is 7.28. The highest BCUT2D eigenvalue weighted by atomic mass is 16.3. The number of aryl methyl sites for hydroxylation is 1. The van der Waals surface area contributed by atoms with Crippen LogP contribution in [0, 0.1) is 12.8 Å². The van der Waals surface area contributed by atoms with E-state index in [-0.39, 0.29) is 6.04 Å². The summed E-state index contributed by atoms with van der Waals surface area (Å²) in [6, 6.07) is 8.93. The van der Waals surface area contributed by atoms with E-state index in [9.17, 15) is 5.11 Å². The Balaban J connectivity index is 1.61. The zero-order valence-corrected chi connectivity index (χ0v) is 15.6. The van der Waals surface area contributed by atoms with Gasteiger partial charge in [0.25, 0.3) is 0 Å². The molecule has 1 saturated heterocycles. The average molecular weight is 342 g/mol. The number of piperidine rings is 1. The Morgan fingerprint density at radius 1 is 1.32 bits per heavy atom. The van der Waals surface area contributed by atoms with Gasteiger partial charge in [-0.25, -0.2) is 0 Å². The predicted molar refractivity (Wildman–Crippen MR) is 102 cm³/mol. The van der Waals surface area contributed by atoms with Crippen LogP contribution in [-0.2, 0) is 13.6 Å². The van der Waals surface area contributed by atoms with Gasteiger partial charge in [-0.1, -0.05) is 12.1 Å². The molecule has 1 aliphatic rings. The molecule has 0 amide bonds. The topological polar surface area (TPSA) is 53.3 Å². The Hall–Kier alpha value is -1.85. The summed E-state index contributed by atoms with van der Waals surface area (Å²) >= 11 is 0. The van der Waals surface area contributed by atoms with Crippen LogP contribution < -0.4 is 5.32 Å². The SMILES string of the molecule is Cc1c(C(C)Nc2cccc(CN3CCC(CO)CC3)c2)cnn1C. The van der Waals surface area contributed by atoms with E-state index in [1.807, 2.05) is 17.9 Å². The lowest BCUT2D eigenvalue weighted by atomic mass is 9.97. The van der Waals surface area contributed by atoms with Gasteiger partial charge >= 0.3 is 0 Å². The van der Waals surface area contributed by atoms with Crippen molar-refractivity contribution in [1.29, 1.82) is 0 Å². The van der Waals surface area contributed by atoms with E-state index in [1.165, 1.54) is 16.8 Å². The molecule has 5 nitrogen and oxygen atoms in total. The summed E-state index contributed by atoms with van der Waals surface area (Å²) < 4.78 is 1.92. The third-order valence-corrected chi connectivity index (χ3v) is 5.42. The molecule has 1 atom stereocenters. The summed E-state index contributed by atoms with van der Waals surface area (Å²) in [7, 11) is 1.98. The zero-order chi connectivity index (χ0) is 17.8. The quantitative estimate of drug-likeness (QED) is 0.847. The molecule has 1 fully saturated rings. The van der Waals surface area contributed by atoms with Crippen LogP contribution in [-0.4, -0.2) is 39.5 Å². The fourth-order valence-electron chi connectivity index (χ4n) is 3.61. The molecule has 2 aromatic rings. The summed E-state index contributed by atoms with van der Waals surface area (Å²) in [6.07, 6.45) is 4.15. The molecule has 0 bridgehead atoms. The summed E-state index contributed by atoms with van der Waals surface area (Å²) in [6.45, 7) is 7.75. The van der Waals surface area contributed by atoms with Crippen molar-refractivity contribution in [1.82, 2.24) is 14.7 Å². The van der Waals surface area contributed by atoms with E-state index in [0.29, 0.717) is 12.5 Å². The summed E-state index contributed by atoms with van der Waals surface area (Å²) in [5.41, 5.74) is 4.92. The van der Waals surface area contributed by atoms with E-state index in [0.717, 1.165) is 38.2 Å². The molecule has 1 aliphatic heterocycles. The van der Waals surface area contributed by atoms with Crippen LogP contribution in [0.15, 0.2) is 30.5 Å². The summed E-state index contributed by atoms with van der Waals surface area (Å²) in [5, 5.41) is 17.2. The number of aliphatic hydroxyl groups is 1. The second kappa shape index (κ2) is 8.02. The normalized spacial score (nSPS) is 17.6. The van der Waals surface area contributed by atoms with E-state index in [4.69, 9.17) is 0 Å². The summed E-state index contributed by atoms with van der Waals surface area (Å²) in [4.78, 5) is 2.49. The molecule has 0 radical (unpaired) electrons. The number of hydrogen-bond donors (Lipinski definition) is 2. The average Bonchev–Trinajstić information content (AvgIpc) is 2.95. The molecule has 2 N–H and O–H groups in total. The van der Waals surface area contributed by atoms with Gasteiger partial charge in [-0.2, -0.15) is 5.10 Å². The lowest BCUT2D eigenvalue weighted by Gasteiger charge is -2.31. The maximum Gasteiger partial charge on any atom is 0.0545 e. The van der Waals surface area contributed by atoms with Crippen LogP contribution in [0.2, 0.25) is 0 Å². The first-order chi connectivity index (χ1) is 12.1. The van der Waals surface area contributed by atoms with Gasteiger partial charge in [0.15, 0.2) is 0 Å². The highest BCUT2D eigenvalue weighted by molar-refractivity contribution is 5.48. The highest BCUT2D eigenvalue weighted by Crippen LogP contribution is 2.23. The van der Waals surface area contributed by atoms with Crippen molar-refractivity contribution in [3.8, 4) is 0 Å². The zero-order valence-electron chi connectivity index (χ0n) is 15.6. The molecule has 5 heteroatoms. The van der Waals surface area contributed by atoms with Crippen molar-refractivity contribution >= 4 is 5.69 Å². The predicted octanol–water partition coefficient (Wildman–Crippen LogP) is 3.11. The lowest BCUT2D eigenvalue weighted by molar-refractivity contribution is 0.127. The van der Waals surface area contributed by atoms with Crippen molar-refractivity contribution in [2.45, 2.75) is 39.3 Å². The van der Waals surface area contributed by atoms with Gasteiger partial charge in [0.1, 0.15) is 0 Å². The molecule has 1 aromatic carbocycles. The van der Waals surface area contributed by atoms with Crippen molar-refractivity contribution in [2.24, 2.45) is 13.0 Å². The van der Waals surface area contributed by atoms with E-state index in [2.05, 4.69) is 53.4 Å². The number of anilines is 1. The number of aliphatic hydroxyl groups excluding tert-OH is 1. The Kier molecular flexibility index (Phi) is 5.76. The van der Waals surface area contributed by atoms with Crippen LogP contribution in [0.3, 0.4) is 0 Å². The number of nitrogens with one attached hydrogen (secondary N) is 1. The molecule has 0 saturated carbocycles. The Labute approximate surface area is 150 Å². The number of nitrogens with zero attached hydrogens (tertiary/aromatic N) is 3. The van der Waals surface area contributed by atoms with Crippen LogP contribution in [0.1, 0.15) is 42.6 Å². The van der Waals surface area contributed by atoms with Crippen LogP contribution >= 0.6 is 0 Å². The molecular weight excluding hydrogens is 312 g/mol. The molecule has 3 rings (SSSR count). The minimum Gasteiger partial charge on any atom is -0.396 e. The van der Waals surface area contributed by atoms with Gasteiger partial charge in [0.05, 0.1) is 12.2 Å². The van der Waals surface area contributed by atoms with Gasteiger partial charge < -0.3 is 10.4 Å². The summed E-state index contributed by atoms with van der Waals surface area (Å²) in [5.74, 6) is 0.493. The number of hydrogen-bond acceptors (Lipinski definition) is 4. The van der Waals surface area contributed by atoms with Gasteiger partial charge in [-0.3, -0.25) is 9.58 Å². The minimum absolute atomic E-state index is 0.226. The molecule has 1 aromatic heterocycles. The number of rotatable bonds is 6. The van der Waals surface area contributed by atoms with Crippen LogP contribution in [0.25, 0.3) is 0 Å². The fourth-order valence-corrected chi connectivity index (χ4v) is 3.61. The Morgan fingerprint density at radius 2 is 2.08 bits per heavy atom. The number of aromatic nitrogens is 2. The van der Waals surface area contributed by atoms with Crippen molar-refractivity contribution in [3.63, 3.8) is 0 Å². The maximum atomic E-state index is 9.27. The first-order valence-electron chi connectivity index (χ1n) is 9.24. The molecule has 1 unspecified atom stereocenters. The van der Waals surface area contributed by atoms with Crippen molar-refractivity contribution < 1.29 is 5.11 Å². The molecule has 0 aliphatic carbocycles. The number of likely N-dealkylation sites (tertiary alicyclic amines) is 1. The molecule has 0 spiro atoms. The maximum absolute atomic E-state index is 9.27. The first kappa shape index (κ1) is 18.0. The van der Waals surface area contributed by atoms with Gasteiger partial charge in [0.2, 0.25) is 0 Å². The molecular formula is C20H30N4O. The molecule has 136 valence electrons. The monoisotopic (exact) mass is 342 g/mol. The van der Waals surface area contributed by atoms with E-state index in [1.54, 1.807) is 0 Å². The Morgan fingerprint density at radius 3 is 2.72 bits per heavy atom. The number of benzene rings is 1. The van der Waals surface area contributed by atoms with Crippen molar-refractivity contribution in [3.05, 3.63) is 47.3 Å². The van der Waals surface area contributed by atoms with Gasteiger partial charge in [-0.05, 0) is 63.4 Å². The third-order valence-electron chi connectivity index (χ3n) is 5.42. The first-order valence-corrected chi connectivity index (χ1v) is 9.24. The second-order valence-corrected chi connectivity index (χ2v) is 7.28. The largest absolute Gasteiger partial charge is 0.396 e. The molecule has 25 heavy (non-hydrogen) atoms. The van der Waals surface area contributed by atoms with E-state index < -0.39 is 0 Å². The Bertz CT molecular complexity index is 689. The van der Waals surface area contributed by atoms with E-state index >= 15 is 0 Å². The standard InChI is InChI=1S/C20H30N4O/c1-15(20-12-21-23(3)16(20)2)22-19-6-4-5-18(11-19)13-24-9-7-17(14-25)8-10-24/h4-6,11-12,15,17,22,25H,7-10,13-14H2,1-3H3.